The number of ether oxygens (including phenoxy) is 1. The van der Waals surface area contributed by atoms with Gasteiger partial charge in [0.15, 0.2) is 6.10 Å². The maximum atomic E-state index is 12.1. The number of likely N-dealkylation sites (N-methyl/N-ethyl adjacent to an activating group) is 1. The molecule has 0 bridgehead atoms. The third kappa shape index (κ3) is 3.15. The molecule has 0 aliphatic heterocycles. The molecule has 0 spiro atoms. The number of benzene rings is 1. The molecular weight excluding hydrogens is 228 g/mol. The van der Waals surface area contributed by atoms with Crippen LogP contribution in [0, 0.1) is 6.92 Å². The van der Waals surface area contributed by atoms with Crippen LogP contribution in [0.15, 0.2) is 18.2 Å². The fourth-order valence-electron chi connectivity index (χ4n) is 1.79. The van der Waals surface area contributed by atoms with Crippen molar-refractivity contribution in [3.63, 3.8) is 0 Å². The number of rotatable bonds is 5. The van der Waals surface area contributed by atoms with Crippen LogP contribution in [-0.2, 0) is 4.79 Å². The number of carbonyl (C=O) groups excluding carboxylic acids is 1. The molecule has 2 N–H and O–H groups in total. The smallest absolute Gasteiger partial charge is 0.263 e. The number of nitrogens with zero attached hydrogens (tertiary/aromatic N) is 1. The average Bonchev–Trinajstić information content (AvgIpc) is 2.36. The van der Waals surface area contributed by atoms with E-state index in [1.54, 1.807) is 17.9 Å². The first-order valence-corrected chi connectivity index (χ1v) is 6.31. The van der Waals surface area contributed by atoms with Gasteiger partial charge in [-0.3, -0.25) is 4.79 Å². The highest BCUT2D eigenvalue weighted by Gasteiger charge is 2.20. The molecule has 1 amide bonds. The van der Waals surface area contributed by atoms with Crippen LogP contribution in [-0.4, -0.2) is 30.0 Å². The molecule has 1 aromatic carbocycles. The van der Waals surface area contributed by atoms with Gasteiger partial charge >= 0.3 is 0 Å². The first-order valence-electron chi connectivity index (χ1n) is 6.31. The fourth-order valence-corrected chi connectivity index (χ4v) is 1.79. The molecule has 0 saturated carbocycles. The van der Waals surface area contributed by atoms with Crippen molar-refractivity contribution in [2.24, 2.45) is 0 Å². The number of aryl methyl sites for hydroxylation is 1. The quantitative estimate of drug-likeness (QED) is 0.815. The van der Waals surface area contributed by atoms with Crippen LogP contribution in [0.2, 0.25) is 0 Å². The van der Waals surface area contributed by atoms with Gasteiger partial charge in [-0.15, -0.1) is 0 Å². The zero-order valence-electron chi connectivity index (χ0n) is 11.6. The van der Waals surface area contributed by atoms with Crippen molar-refractivity contribution in [3.8, 4) is 5.75 Å². The second-order valence-corrected chi connectivity index (χ2v) is 4.26. The van der Waals surface area contributed by atoms with E-state index in [1.165, 1.54) is 0 Å². The number of hydrogen-bond donors (Lipinski definition) is 1. The monoisotopic (exact) mass is 250 g/mol. The van der Waals surface area contributed by atoms with Crippen molar-refractivity contribution in [1.29, 1.82) is 0 Å². The van der Waals surface area contributed by atoms with Crippen LogP contribution in [0.3, 0.4) is 0 Å². The molecule has 1 atom stereocenters. The first kappa shape index (κ1) is 14.4. The molecule has 1 unspecified atom stereocenters. The van der Waals surface area contributed by atoms with Crippen molar-refractivity contribution in [3.05, 3.63) is 23.8 Å². The largest absolute Gasteiger partial charge is 0.479 e. The van der Waals surface area contributed by atoms with Gasteiger partial charge in [0.05, 0.1) is 5.69 Å². The molecule has 0 radical (unpaired) electrons. The van der Waals surface area contributed by atoms with Crippen LogP contribution in [0.5, 0.6) is 5.75 Å². The molecule has 18 heavy (non-hydrogen) atoms. The minimum atomic E-state index is -0.519. The molecule has 0 aliphatic carbocycles. The summed E-state index contributed by atoms with van der Waals surface area (Å²) >= 11 is 0. The zero-order valence-corrected chi connectivity index (χ0v) is 11.6. The second kappa shape index (κ2) is 6.28. The Labute approximate surface area is 109 Å². The van der Waals surface area contributed by atoms with Gasteiger partial charge in [-0.1, -0.05) is 12.1 Å². The van der Waals surface area contributed by atoms with Crippen LogP contribution in [0.1, 0.15) is 26.3 Å². The Morgan fingerprint density at radius 2 is 2.00 bits per heavy atom. The Hall–Kier alpha value is -1.71. The molecular formula is C14H22N2O2. The number of hydrogen-bond acceptors (Lipinski definition) is 3. The van der Waals surface area contributed by atoms with E-state index in [4.69, 9.17) is 10.5 Å². The summed E-state index contributed by atoms with van der Waals surface area (Å²) < 4.78 is 5.66. The minimum absolute atomic E-state index is 0.0130. The van der Waals surface area contributed by atoms with Crippen molar-refractivity contribution < 1.29 is 9.53 Å². The minimum Gasteiger partial charge on any atom is -0.479 e. The Morgan fingerprint density at radius 1 is 1.39 bits per heavy atom. The van der Waals surface area contributed by atoms with E-state index in [9.17, 15) is 4.79 Å². The number of para-hydroxylation sites is 1. The molecule has 4 nitrogen and oxygen atoms in total. The zero-order chi connectivity index (χ0) is 13.7. The van der Waals surface area contributed by atoms with Gasteiger partial charge in [0, 0.05) is 13.1 Å². The van der Waals surface area contributed by atoms with Crippen molar-refractivity contribution in [2.75, 3.05) is 18.8 Å². The molecule has 4 heteroatoms. The van der Waals surface area contributed by atoms with Gasteiger partial charge in [-0.05, 0) is 39.3 Å². The molecule has 0 saturated heterocycles. The third-order valence-electron chi connectivity index (χ3n) is 3.01. The Bertz CT molecular complexity index is 414. The molecule has 0 aromatic heterocycles. The van der Waals surface area contributed by atoms with E-state index < -0.39 is 6.10 Å². The predicted octanol–water partition coefficient (Wildman–Crippen LogP) is 2.21. The second-order valence-electron chi connectivity index (χ2n) is 4.26. The Balaban J connectivity index is 2.78. The van der Waals surface area contributed by atoms with Gasteiger partial charge in [-0.25, -0.2) is 0 Å². The van der Waals surface area contributed by atoms with E-state index >= 15 is 0 Å². The van der Waals surface area contributed by atoms with E-state index in [1.807, 2.05) is 32.9 Å². The average molecular weight is 250 g/mol. The molecule has 0 aliphatic rings. The van der Waals surface area contributed by atoms with Crippen LogP contribution < -0.4 is 10.5 Å². The van der Waals surface area contributed by atoms with E-state index in [0.29, 0.717) is 24.5 Å². The summed E-state index contributed by atoms with van der Waals surface area (Å²) in [6, 6.07) is 5.57. The van der Waals surface area contributed by atoms with Crippen LogP contribution in [0.4, 0.5) is 5.69 Å². The number of nitrogen functional groups attached to an aromatic ring is 1. The van der Waals surface area contributed by atoms with Crippen molar-refractivity contribution >= 4 is 11.6 Å². The lowest BCUT2D eigenvalue weighted by Crippen LogP contribution is -2.40. The molecule has 1 aromatic rings. The summed E-state index contributed by atoms with van der Waals surface area (Å²) in [5.74, 6) is 0.559. The lowest BCUT2D eigenvalue weighted by atomic mass is 10.2. The normalized spacial score (nSPS) is 12.0. The van der Waals surface area contributed by atoms with E-state index in [0.717, 1.165) is 5.56 Å². The number of amides is 1. The number of anilines is 1. The maximum absolute atomic E-state index is 12.1. The van der Waals surface area contributed by atoms with Gasteiger partial charge in [0.25, 0.3) is 5.91 Å². The topological polar surface area (TPSA) is 55.6 Å². The van der Waals surface area contributed by atoms with Gasteiger partial charge in [0.1, 0.15) is 5.75 Å². The van der Waals surface area contributed by atoms with Gasteiger partial charge < -0.3 is 15.4 Å². The molecule has 1 rings (SSSR count). The highest BCUT2D eigenvalue weighted by atomic mass is 16.5. The highest BCUT2D eigenvalue weighted by Crippen LogP contribution is 2.25. The molecule has 0 fully saturated rings. The summed E-state index contributed by atoms with van der Waals surface area (Å²) in [5, 5.41) is 0. The van der Waals surface area contributed by atoms with Crippen LogP contribution >= 0.6 is 0 Å². The SMILES string of the molecule is CCN(CC)C(=O)C(C)Oc1cccc(C)c1N. The fraction of sp³-hybridized carbons (Fsp3) is 0.500. The van der Waals surface area contributed by atoms with Gasteiger partial charge in [0.2, 0.25) is 0 Å². The first-order chi connectivity index (χ1) is 8.51. The predicted molar refractivity (Wildman–Crippen MR) is 73.6 cm³/mol. The molecule has 100 valence electrons. The van der Waals surface area contributed by atoms with Crippen molar-refractivity contribution in [2.45, 2.75) is 33.8 Å². The summed E-state index contributed by atoms with van der Waals surface area (Å²) in [5.41, 5.74) is 7.47. The van der Waals surface area contributed by atoms with E-state index in [-0.39, 0.29) is 5.91 Å². The highest BCUT2D eigenvalue weighted by molar-refractivity contribution is 5.81. The standard InChI is InChI=1S/C14H22N2O2/c1-5-16(6-2)14(17)11(4)18-12-9-7-8-10(3)13(12)15/h7-9,11H,5-6,15H2,1-4H3. The Kier molecular flexibility index (Phi) is 5.01. The van der Waals surface area contributed by atoms with Crippen molar-refractivity contribution in [1.82, 2.24) is 4.90 Å². The maximum Gasteiger partial charge on any atom is 0.263 e. The number of nitrogens with two attached hydrogens (primary N) is 1. The summed E-state index contributed by atoms with van der Waals surface area (Å²) in [4.78, 5) is 13.8. The summed E-state index contributed by atoms with van der Waals surface area (Å²) in [6.45, 7) is 8.95. The lowest BCUT2D eigenvalue weighted by molar-refractivity contribution is -0.137. The Morgan fingerprint density at radius 3 is 2.56 bits per heavy atom. The number of carbonyl (C=O) groups is 1. The summed E-state index contributed by atoms with van der Waals surface area (Å²) in [7, 11) is 0. The van der Waals surface area contributed by atoms with Gasteiger partial charge in [-0.2, -0.15) is 0 Å². The summed E-state index contributed by atoms with van der Waals surface area (Å²) in [6.07, 6.45) is -0.519. The molecule has 0 heterocycles. The van der Waals surface area contributed by atoms with Crippen LogP contribution in [0.25, 0.3) is 0 Å². The lowest BCUT2D eigenvalue weighted by Gasteiger charge is -2.24. The van der Waals surface area contributed by atoms with E-state index in [2.05, 4.69) is 0 Å². The third-order valence-corrected chi connectivity index (χ3v) is 3.01.